The van der Waals surface area contributed by atoms with Crippen LogP contribution >= 0.6 is 15.9 Å². The van der Waals surface area contributed by atoms with E-state index in [1.54, 1.807) is 6.07 Å². The summed E-state index contributed by atoms with van der Waals surface area (Å²) >= 11 is 3.23. The predicted octanol–water partition coefficient (Wildman–Crippen LogP) is 4.14. The molecule has 0 aliphatic heterocycles. The third kappa shape index (κ3) is 1.86. The van der Waals surface area contributed by atoms with Crippen molar-refractivity contribution in [2.45, 2.75) is 18.9 Å². The summed E-state index contributed by atoms with van der Waals surface area (Å²) in [5.41, 5.74) is -0.0159. The van der Waals surface area contributed by atoms with Gasteiger partial charge in [0, 0.05) is 9.86 Å². The zero-order chi connectivity index (χ0) is 12.9. The van der Waals surface area contributed by atoms with Crippen LogP contribution in [0.15, 0.2) is 21.0 Å². The average Bonchev–Trinajstić information content (AvgIpc) is 3.06. The normalized spacial score (nSPS) is 17.3. The summed E-state index contributed by atoms with van der Waals surface area (Å²) in [6.07, 6.45) is 2.28. The van der Waals surface area contributed by atoms with Crippen molar-refractivity contribution in [1.29, 1.82) is 0 Å². The second kappa shape index (κ2) is 4.31. The van der Waals surface area contributed by atoms with Crippen LogP contribution in [0.4, 0.5) is 8.78 Å². The van der Waals surface area contributed by atoms with E-state index in [9.17, 15) is 8.78 Å². The molecule has 1 aromatic heterocycles. The lowest BCUT2D eigenvalue weighted by Gasteiger charge is -2.11. The Morgan fingerprint density at radius 1 is 1.39 bits per heavy atom. The summed E-state index contributed by atoms with van der Waals surface area (Å²) in [5.74, 6) is -0.629. The molecule has 1 unspecified atom stereocenters. The number of rotatable bonds is 3. The van der Waals surface area contributed by atoms with E-state index >= 15 is 0 Å². The minimum absolute atomic E-state index is 0.0159. The molecular weight excluding hydrogens is 304 g/mol. The Morgan fingerprint density at radius 3 is 2.72 bits per heavy atom. The van der Waals surface area contributed by atoms with Gasteiger partial charge in [0.2, 0.25) is 5.82 Å². The average molecular weight is 316 g/mol. The maximum Gasteiger partial charge on any atom is 0.201 e. The highest BCUT2D eigenvalue weighted by atomic mass is 79.9. The number of nitrogens with one attached hydrogen (secondary N) is 1. The Labute approximate surface area is 111 Å². The van der Waals surface area contributed by atoms with E-state index in [2.05, 4.69) is 21.2 Å². The Hall–Kier alpha value is -0.940. The van der Waals surface area contributed by atoms with Gasteiger partial charge in [0.05, 0.1) is 6.04 Å². The van der Waals surface area contributed by atoms with Crippen LogP contribution in [0.1, 0.15) is 24.6 Å². The molecule has 2 nitrogen and oxygen atoms in total. The molecule has 18 heavy (non-hydrogen) atoms. The van der Waals surface area contributed by atoms with Crippen LogP contribution in [0, 0.1) is 17.6 Å². The zero-order valence-electron chi connectivity index (χ0n) is 9.77. The fourth-order valence-corrected chi connectivity index (χ4v) is 2.80. The predicted molar refractivity (Wildman–Crippen MR) is 68.4 cm³/mol. The lowest BCUT2D eigenvalue weighted by atomic mass is 10.1. The summed E-state index contributed by atoms with van der Waals surface area (Å²) in [7, 11) is 1.85. The molecule has 1 aromatic carbocycles. The van der Waals surface area contributed by atoms with Crippen molar-refractivity contribution in [3.8, 4) is 0 Å². The van der Waals surface area contributed by atoms with Crippen molar-refractivity contribution in [3.05, 3.63) is 34.0 Å². The molecule has 1 fully saturated rings. The molecule has 0 bridgehead atoms. The Kier molecular flexibility index (Phi) is 2.90. The molecule has 1 aliphatic carbocycles. The van der Waals surface area contributed by atoms with E-state index in [1.165, 1.54) is 0 Å². The molecule has 96 valence electrons. The molecule has 5 heteroatoms. The summed E-state index contributed by atoms with van der Waals surface area (Å²) in [6.45, 7) is 0. The minimum atomic E-state index is -0.926. The first kappa shape index (κ1) is 12.1. The Balaban J connectivity index is 2.15. The molecule has 2 aromatic rings. The highest BCUT2D eigenvalue weighted by Gasteiger charge is 2.34. The zero-order valence-corrected chi connectivity index (χ0v) is 11.4. The first-order chi connectivity index (χ1) is 8.61. The van der Waals surface area contributed by atoms with Gasteiger partial charge < -0.3 is 9.73 Å². The third-order valence-corrected chi connectivity index (χ3v) is 4.04. The minimum Gasteiger partial charge on any atom is -0.456 e. The van der Waals surface area contributed by atoms with Gasteiger partial charge in [-0.25, -0.2) is 4.39 Å². The lowest BCUT2D eigenvalue weighted by Crippen LogP contribution is -2.17. The molecule has 0 spiro atoms. The lowest BCUT2D eigenvalue weighted by molar-refractivity contribution is 0.408. The number of fused-ring (bicyclic) bond motifs is 1. The van der Waals surface area contributed by atoms with Gasteiger partial charge in [-0.2, -0.15) is 4.39 Å². The molecule has 3 rings (SSSR count). The number of furan rings is 1. The maximum atomic E-state index is 13.7. The fraction of sp³-hybridized carbons (Fsp3) is 0.385. The highest BCUT2D eigenvalue weighted by molar-refractivity contribution is 9.10. The van der Waals surface area contributed by atoms with E-state index in [1.807, 2.05) is 7.05 Å². The van der Waals surface area contributed by atoms with Gasteiger partial charge in [0.1, 0.15) is 5.76 Å². The van der Waals surface area contributed by atoms with Crippen molar-refractivity contribution in [3.63, 3.8) is 0 Å². The largest absolute Gasteiger partial charge is 0.456 e. The van der Waals surface area contributed by atoms with E-state index < -0.39 is 11.6 Å². The van der Waals surface area contributed by atoms with Crippen molar-refractivity contribution in [2.24, 2.45) is 5.92 Å². The van der Waals surface area contributed by atoms with Gasteiger partial charge in [0.25, 0.3) is 0 Å². The van der Waals surface area contributed by atoms with Crippen molar-refractivity contribution < 1.29 is 13.2 Å². The van der Waals surface area contributed by atoms with Gasteiger partial charge in [-0.05, 0) is 53.9 Å². The SMILES string of the molecule is CNC(c1cc2c(Br)cc(F)c(F)c2o1)C1CC1. The molecule has 1 aliphatic rings. The van der Waals surface area contributed by atoms with Crippen LogP contribution in [0.2, 0.25) is 0 Å². The van der Waals surface area contributed by atoms with Crippen molar-refractivity contribution >= 4 is 26.9 Å². The highest BCUT2D eigenvalue weighted by Crippen LogP contribution is 2.43. The van der Waals surface area contributed by atoms with Gasteiger partial charge >= 0.3 is 0 Å². The maximum absolute atomic E-state index is 13.7. The van der Waals surface area contributed by atoms with Gasteiger partial charge in [-0.15, -0.1) is 0 Å². The van der Waals surface area contributed by atoms with Gasteiger partial charge in [-0.1, -0.05) is 0 Å². The van der Waals surface area contributed by atoms with Crippen LogP contribution in [-0.4, -0.2) is 7.05 Å². The number of hydrogen-bond donors (Lipinski definition) is 1. The van der Waals surface area contributed by atoms with Crippen LogP contribution in [0.25, 0.3) is 11.0 Å². The summed E-state index contributed by atoms with van der Waals surface area (Å²) < 4.78 is 33.0. The number of hydrogen-bond acceptors (Lipinski definition) is 2. The summed E-state index contributed by atoms with van der Waals surface area (Å²) in [5, 5.41) is 3.74. The quantitative estimate of drug-likeness (QED) is 0.861. The molecular formula is C13H12BrF2NO. The van der Waals surface area contributed by atoms with Crippen LogP contribution in [0.3, 0.4) is 0 Å². The van der Waals surface area contributed by atoms with E-state index in [0.717, 1.165) is 18.9 Å². The smallest absolute Gasteiger partial charge is 0.201 e. The third-order valence-electron chi connectivity index (χ3n) is 3.38. The van der Waals surface area contributed by atoms with Crippen LogP contribution in [-0.2, 0) is 0 Å². The van der Waals surface area contributed by atoms with E-state index in [-0.39, 0.29) is 11.6 Å². The first-order valence-electron chi connectivity index (χ1n) is 5.86. The Morgan fingerprint density at radius 2 is 2.11 bits per heavy atom. The Bertz CT molecular complexity index is 607. The van der Waals surface area contributed by atoms with Crippen LogP contribution < -0.4 is 5.32 Å². The number of halogens is 3. The molecule has 0 saturated heterocycles. The molecule has 1 N–H and O–H groups in total. The van der Waals surface area contributed by atoms with Gasteiger partial charge in [0.15, 0.2) is 11.4 Å². The van der Waals surface area contributed by atoms with Crippen LogP contribution in [0.5, 0.6) is 0 Å². The molecule has 0 amide bonds. The summed E-state index contributed by atoms with van der Waals surface area (Å²) in [6, 6.07) is 2.98. The number of benzene rings is 1. The summed E-state index contributed by atoms with van der Waals surface area (Å²) in [4.78, 5) is 0. The molecule has 0 radical (unpaired) electrons. The van der Waals surface area contributed by atoms with Crippen molar-refractivity contribution in [1.82, 2.24) is 5.32 Å². The second-order valence-corrected chi connectivity index (χ2v) is 5.50. The molecule has 1 heterocycles. The first-order valence-corrected chi connectivity index (χ1v) is 6.65. The topological polar surface area (TPSA) is 25.2 Å². The molecule has 1 atom stereocenters. The second-order valence-electron chi connectivity index (χ2n) is 4.65. The monoisotopic (exact) mass is 315 g/mol. The fourth-order valence-electron chi connectivity index (χ4n) is 2.30. The van der Waals surface area contributed by atoms with E-state index in [0.29, 0.717) is 21.5 Å². The van der Waals surface area contributed by atoms with Crippen molar-refractivity contribution in [2.75, 3.05) is 7.05 Å². The standard InChI is InChI=1S/C13H12BrF2NO/c1-17-12(6-2-3-6)10-4-7-8(14)5-9(15)11(16)13(7)18-10/h4-6,12,17H,2-3H2,1H3. The van der Waals surface area contributed by atoms with Gasteiger partial charge in [-0.3, -0.25) is 0 Å². The molecule has 1 saturated carbocycles. The van der Waals surface area contributed by atoms with E-state index in [4.69, 9.17) is 4.42 Å².